The molecule has 0 aliphatic carbocycles. The average Bonchev–Trinajstić information content (AvgIpc) is 2.29. The molecule has 0 unspecified atom stereocenters. The second-order valence-corrected chi connectivity index (χ2v) is 4.48. The van der Waals surface area contributed by atoms with Gasteiger partial charge in [-0.3, -0.25) is 0 Å². The van der Waals surface area contributed by atoms with Gasteiger partial charge in [-0.05, 0) is 30.3 Å². The predicted octanol–water partition coefficient (Wildman–Crippen LogP) is 4.15. The van der Waals surface area contributed by atoms with Gasteiger partial charge in [0.05, 0.1) is 11.4 Å². The van der Waals surface area contributed by atoms with Gasteiger partial charge in [0.25, 0.3) is 0 Å². The highest BCUT2D eigenvalue weighted by Crippen LogP contribution is 2.27. The third-order valence-electron chi connectivity index (χ3n) is 2.49. The maximum atomic E-state index is 5.96. The van der Waals surface area contributed by atoms with Crippen molar-refractivity contribution in [3.8, 4) is 0 Å². The molecule has 0 radical (unpaired) electrons. The van der Waals surface area contributed by atoms with Crippen molar-refractivity contribution in [2.75, 3.05) is 24.3 Å². The highest BCUT2D eigenvalue weighted by Gasteiger charge is 2.03. The molecule has 0 spiro atoms. The van der Waals surface area contributed by atoms with Gasteiger partial charge in [0.1, 0.15) is 0 Å². The first kappa shape index (κ1) is 11.8. The van der Waals surface area contributed by atoms with E-state index in [0.717, 1.165) is 22.1 Å². The van der Waals surface area contributed by atoms with Crippen LogP contribution in [-0.2, 0) is 0 Å². The third-order valence-corrected chi connectivity index (χ3v) is 2.72. The van der Waals surface area contributed by atoms with Crippen LogP contribution in [0.1, 0.15) is 0 Å². The largest absolute Gasteiger partial charge is 0.376 e. The van der Waals surface area contributed by atoms with E-state index >= 15 is 0 Å². The van der Waals surface area contributed by atoms with Crippen LogP contribution in [0.25, 0.3) is 0 Å². The lowest BCUT2D eigenvalue weighted by atomic mass is 10.2. The Hall–Kier alpha value is -1.67. The molecular weight excluding hydrogens is 232 g/mol. The minimum Gasteiger partial charge on any atom is -0.376 e. The van der Waals surface area contributed by atoms with E-state index in [9.17, 15) is 0 Å². The second-order valence-electron chi connectivity index (χ2n) is 4.05. The van der Waals surface area contributed by atoms with Crippen molar-refractivity contribution in [2.45, 2.75) is 0 Å². The molecule has 0 saturated carbocycles. The van der Waals surface area contributed by atoms with Crippen LogP contribution in [0.4, 0.5) is 17.1 Å². The molecule has 0 bridgehead atoms. The molecule has 88 valence electrons. The van der Waals surface area contributed by atoms with Gasteiger partial charge in [0, 0.05) is 24.8 Å². The van der Waals surface area contributed by atoms with Crippen molar-refractivity contribution < 1.29 is 0 Å². The van der Waals surface area contributed by atoms with Gasteiger partial charge < -0.3 is 10.2 Å². The lowest BCUT2D eigenvalue weighted by Crippen LogP contribution is -2.10. The van der Waals surface area contributed by atoms with Crippen LogP contribution in [-0.4, -0.2) is 14.1 Å². The van der Waals surface area contributed by atoms with Crippen molar-refractivity contribution in [1.29, 1.82) is 0 Å². The molecule has 0 aromatic heterocycles. The molecule has 2 nitrogen and oxygen atoms in total. The van der Waals surface area contributed by atoms with E-state index in [2.05, 4.69) is 22.3 Å². The zero-order valence-electron chi connectivity index (χ0n) is 9.94. The van der Waals surface area contributed by atoms with E-state index < -0.39 is 0 Å². The second kappa shape index (κ2) is 5.11. The summed E-state index contributed by atoms with van der Waals surface area (Å²) in [6.45, 7) is 0. The molecule has 0 saturated heterocycles. The molecule has 2 aromatic carbocycles. The van der Waals surface area contributed by atoms with E-state index in [1.54, 1.807) is 0 Å². The summed E-state index contributed by atoms with van der Waals surface area (Å²) in [7, 11) is 4.05. The summed E-state index contributed by atoms with van der Waals surface area (Å²) < 4.78 is 0. The molecular formula is C14H15ClN2. The van der Waals surface area contributed by atoms with Crippen LogP contribution in [0.2, 0.25) is 5.02 Å². The van der Waals surface area contributed by atoms with Gasteiger partial charge in [-0.2, -0.15) is 0 Å². The van der Waals surface area contributed by atoms with Crippen LogP contribution in [0, 0.1) is 0 Å². The summed E-state index contributed by atoms with van der Waals surface area (Å²) in [6.07, 6.45) is 0. The zero-order valence-corrected chi connectivity index (χ0v) is 10.7. The lowest BCUT2D eigenvalue weighted by molar-refractivity contribution is 1.13. The number of halogens is 1. The van der Waals surface area contributed by atoms with E-state index in [0.29, 0.717) is 0 Å². The minimum atomic E-state index is 0.734. The first-order valence-electron chi connectivity index (χ1n) is 5.46. The number of para-hydroxylation sites is 2. The summed E-state index contributed by atoms with van der Waals surface area (Å²) in [6, 6.07) is 15.9. The number of benzene rings is 2. The quantitative estimate of drug-likeness (QED) is 0.875. The van der Waals surface area contributed by atoms with Gasteiger partial charge in [-0.25, -0.2) is 0 Å². The Morgan fingerprint density at radius 2 is 1.76 bits per heavy atom. The maximum absolute atomic E-state index is 5.96. The molecule has 0 atom stereocenters. The molecule has 0 aliphatic rings. The standard InChI is InChI=1S/C14H15ClN2/c1-17(2)14-9-4-3-8-13(14)16-12-7-5-6-11(15)10-12/h3-10,16H,1-2H3. The van der Waals surface area contributed by atoms with Crippen molar-refractivity contribution in [3.63, 3.8) is 0 Å². The molecule has 0 fully saturated rings. The normalized spacial score (nSPS) is 10.1. The Kier molecular flexibility index (Phi) is 3.55. The summed E-state index contributed by atoms with van der Waals surface area (Å²) in [5.74, 6) is 0. The summed E-state index contributed by atoms with van der Waals surface area (Å²) >= 11 is 5.96. The summed E-state index contributed by atoms with van der Waals surface area (Å²) in [5, 5.41) is 4.10. The zero-order chi connectivity index (χ0) is 12.3. The van der Waals surface area contributed by atoms with Crippen molar-refractivity contribution in [1.82, 2.24) is 0 Å². The van der Waals surface area contributed by atoms with Gasteiger partial charge in [-0.1, -0.05) is 29.8 Å². The smallest absolute Gasteiger partial charge is 0.0621 e. The Balaban J connectivity index is 2.30. The van der Waals surface area contributed by atoms with Crippen LogP contribution in [0.5, 0.6) is 0 Å². The molecule has 2 aromatic rings. The average molecular weight is 247 g/mol. The Morgan fingerprint density at radius 1 is 1.00 bits per heavy atom. The number of hydrogen-bond acceptors (Lipinski definition) is 2. The van der Waals surface area contributed by atoms with E-state index in [1.165, 1.54) is 0 Å². The van der Waals surface area contributed by atoms with Gasteiger partial charge >= 0.3 is 0 Å². The number of nitrogens with one attached hydrogen (secondary N) is 1. The topological polar surface area (TPSA) is 15.3 Å². The maximum Gasteiger partial charge on any atom is 0.0621 e. The number of nitrogens with zero attached hydrogens (tertiary/aromatic N) is 1. The van der Waals surface area contributed by atoms with Crippen LogP contribution in [0.15, 0.2) is 48.5 Å². The highest BCUT2D eigenvalue weighted by atomic mass is 35.5. The molecule has 0 aliphatic heterocycles. The molecule has 2 rings (SSSR count). The van der Waals surface area contributed by atoms with Gasteiger partial charge in [-0.15, -0.1) is 0 Å². The van der Waals surface area contributed by atoms with Crippen LogP contribution >= 0.6 is 11.6 Å². The molecule has 3 heteroatoms. The minimum absolute atomic E-state index is 0.734. The monoisotopic (exact) mass is 246 g/mol. The molecule has 17 heavy (non-hydrogen) atoms. The third kappa shape index (κ3) is 2.92. The van der Waals surface area contributed by atoms with Crippen LogP contribution < -0.4 is 10.2 Å². The summed E-state index contributed by atoms with van der Waals surface area (Å²) in [5.41, 5.74) is 3.21. The fourth-order valence-corrected chi connectivity index (χ4v) is 1.88. The Bertz CT molecular complexity index is 509. The number of anilines is 3. The first-order chi connectivity index (χ1) is 8.16. The fraction of sp³-hybridized carbons (Fsp3) is 0.143. The van der Waals surface area contributed by atoms with Gasteiger partial charge in [0.15, 0.2) is 0 Å². The fourth-order valence-electron chi connectivity index (χ4n) is 1.69. The van der Waals surface area contributed by atoms with Crippen molar-refractivity contribution in [2.24, 2.45) is 0 Å². The van der Waals surface area contributed by atoms with Crippen molar-refractivity contribution >= 4 is 28.7 Å². The molecule has 0 heterocycles. The SMILES string of the molecule is CN(C)c1ccccc1Nc1cccc(Cl)c1. The van der Waals surface area contributed by atoms with Crippen molar-refractivity contribution in [3.05, 3.63) is 53.6 Å². The Labute approximate surface area is 107 Å². The van der Waals surface area contributed by atoms with E-state index in [4.69, 9.17) is 11.6 Å². The highest BCUT2D eigenvalue weighted by molar-refractivity contribution is 6.30. The number of rotatable bonds is 3. The molecule has 1 N–H and O–H groups in total. The lowest BCUT2D eigenvalue weighted by Gasteiger charge is -2.18. The molecule has 0 amide bonds. The first-order valence-corrected chi connectivity index (χ1v) is 5.83. The predicted molar refractivity (Wildman–Crippen MR) is 75.5 cm³/mol. The number of hydrogen-bond donors (Lipinski definition) is 1. The van der Waals surface area contributed by atoms with E-state index in [-0.39, 0.29) is 0 Å². The van der Waals surface area contributed by atoms with Crippen LogP contribution in [0.3, 0.4) is 0 Å². The van der Waals surface area contributed by atoms with Gasteiger partial charge in [0.2, 0.25) is 0 Å². The van der Waals surface area contributed by atoms with E-state index in [1.807, 2.05) is 50.5 Å². The Morgan fingerprint density at radius 3 is 2.47 bits per heavy atom. The summed E-state index contributed by atoms with van der Waals surface area (Å²) in [4.78, 5) is 2.08.